The summed E-state index contributed by atoms with van der Waals surface area (Å²) < 4.78 is 10.4. The molecule has 0 heterocycles. The lowest BCUT2D eigenvalue weighted by molar-refractivity contribution is 0.102. The van der Waals surface area contributed by atoms with Crippen LogP contribution in [0.2, 0.25) is 0 Å². The van der Waals surface area contributed by atoms with Gasteiger partial charge in [0.1, 0.15) is 6.61 Å². The topological polar surface area (TPSA) is 73.6 Å². The van der Waals surface area contributed by atoms with Crippen LogP contribution < -0.4 is 11.1 Å². The second kappa shape index (κ2) is 9.35. The van der Waals surface area contributed by atoms with Crippen LogP contribution in [0.5, 0.6) is 0 Å². The number of nitrogens with one attached hydrogen (secondary N) is 1. The van der Waals surface area contributed by atoms with E-state index >= 15 is 0 Å². The molecule has 0 aromatic heterocycles. The van der Waals surface area contributed by atoms with Crippen molar-refractivity contribution in [1.82, 2.24) is 5.32 Å². The van der Waals surface area contributed by atoms with Crippen molar-refractivity contribution in [2.24, 2.45) is 11.7 Å². The molecule has 0 fully saturated rings. The van der Waals surface area contributed by atoms with Crippen molar-refractivity contribution in [3.63, 3.8) is 0 Å². The third-order valence-electron chi connectivity index (χ3n) is 2.53. The Labute approximate surface area is 114 Å². The Kier molecular flexibility index (Phi) is 7.62. The molecule has 3 N–H and O–H groups in total. The zero-order valence-corrected chi connectivity index (χ0v) is 11.3. The van der Waals surface area contributed by atoms with Crippen LogP contribution in [0.15, 0.2) is 30.3 Å². The average molecular weight is 266 g/mol. The van der Waals surface area contributed by atoms with Crippen molar-refractivity contribution < 1.29 is 14.3 Å². The fourth-order valence-corrected chi connectivity index (χ4v) is 1.35. The Morgan fingerprint density at radius 3 is 2.79 bits per heavy atom. The van der Waals surface area contributed by atoms with Crippen molar-refractivity contribution in [1.29, 1.82) is 0 Å². The fraction of sp³-hybridized carbons (Fsp3) is 0.500. The van der Waals surface area contributed by atoms with Crippen LogP contribution in [0.1, 0.15) is 12.5 Å². The van der Waals surface area contributed by atoms with Crippen molar-refractivity contribution in [3.8, 4) is 0 Å². The number of rotatable bonds is 8. The summed E-state index contributed by atoms with van der Waals surface area (Å²) in [5, 5.41) is 2.63. The second-order valence-corrected chi connectivity index (χ2v) is 4.40. The van der Waals surface area contributed by atoms with Gasteiger partial charge in [-0.3, -0.25) is 0 Å². The standard InChI is InChI=1S/C14H22N2O3/c1-12(9-15)10-18-8-7-16-14(17)19-11-13-5-3-2-4-6-13/h2-6,12H,7-11,15H2,1H3,(H,16,17)/t12-/m1/s1. The van der Waals surface area contributed by atoms with Crippen molar-refractivity contribution in [2.45, 2.75) is 13.5 Å². The first-order chi connectivity index (χ1) is 9.22. The molecule has 1 amide bonds. The molecule has 0 aliphatic carbocycles. The zero-order valence-electron chi connectivity index (χ0n) is 11.3. The maximum atomic E-state index is 11.4. The van der Waals surface area contributed by atoms with Crippen LogP contribution in [0.3, 0.4) is 0 Å². The molecule has 19 heavy (non-hydrogen) atoms. The molecule has 0 aliphatic heterocycles. The SMILES string of the molecule is C[C@H](CN)COCCNC(=O)OCc1ccccc1. The Morgan fingerprint density at radius 2 is 2.11 bits per heavy atom. The van der Waals surface area contributed by atoms with Crippen LogP contribution in [0, 0.1) is 5.92 Å². The minimum atomic E-state index is -0.431. The number of carbonyl (C=O) groups excluding carboxylic acids is 1. The Bertz CT molecular complexity index is 357. The highest BCUT2D eigenvalue weighted by Crippen LogP contribution is 2.00. The smallest absolute Gasteiger partial charge is 0.407 e. The predicted molar refractivity (Wildman–Crippen MR) is 73.7 cm³/mol. The quantitative estimate of drug-likeness (QED) is 0.700. The highest BCUT2D eigenvalue weighted by molar-refractivity contribution is 5.67. The highest BCUT2D eigenvalue weighted by atomic mass is 16.5. The molecule has 0 radical (unpaired) electrons. The van der Waals surface area contributed by atoms with E-state index in [0.29, 0.717) is 32.2 Å². The van der Waals surface area contributed by atoms with Crippen LogP contribution >= 0.6 is 0 Å². The van der Waals surface area contributed by atoms with E-state index in [2.05, 4.69) is 5.32 Å². The zero-order chi connectivity index (χ0) is 13.9. The van der Waals surface area contributed by atoms with Gasteiger partial charge in [0.05, 0.1) is 13.2 Å². The third kappa shape index (κ3) is 7.43. The Balaban J connectivity index is 2.02. The third-order valence-corrected chi connectivity index (χ3v) is 2.53. The van der Waals surface area contributed by atoms with Crippen LogP contribution in [-0.2, 0) is 16.1 Å². The number of benzene rings is 1. The number of nitrogens with two attached hydrogens (primary N) is 1. The first-order valence-electron chi connectivity index (χ1n) is 6.44. The minimum absolute atomic E-state index is 0.276. The van der Waals surface area contributed by atoms with E-state index in [1.807, 2.05) is 37.3 Å². The molecule has 5 heteroatoms. The molecule has 1 atom stereocenters. The van der Waals surface area contributed by atoms with Gasteiger partial charge < -0.3 is 20.5 Å². The van der Waals surface area contributed by atoms with Crippen LogP contribution in [0.25, 0.3) is 0 Å². The lowest BCUT2D eigenvalue weighted by Crippen LogP contribution is -2.28. The molecular weight excluding hydrogens is 244 g/mol. The van der Waals surface area contributed by atoms with Crippen molar-refractivity contribution in [3.05, 3.63) is 35.9 Å². The molecule has 0 unspecified atom stereocenters. The average Bonchev–Trinajstić information content (AvgIpc) is 2.45. The second-order valence-electron chi connectivity index (χ2n) is 4.40. The molecule has 0 saturated carbocycles. The summed E-state index contributed by atoms with van der Waals surface area (Å²) in [6.07, 6.45) is -0.431. The summed E-state index contributed by atoms with van der Waals surface area (Å²) in [5.41, 5.74) is 6.42. The number of amides is 1. The molecule has 106 valence electrons. The largest absolute Gasteiger partial charge is 0.445 e. The van der Waals surface area contributed by atoms with Crippen molar-refractivity contribution >= 4 is 6.09 Å². The molecule has 0 spiro atoms. The van der Waals surface area contributed by atoms with E-state index in [0.717, 1.165) is 5.56 Å². The summed E-state index contributed by atoms with van der Waals surface area (Å²) in [7, 11) is 0. The van der Waals surface area contributed by atoms with Gasteiger partial charge in [0.15, 0.2) is 0 Å². The number of hydrogen-bond acceptors (Lipinski definition) is 4. The summed E-state index contributed by atoms with van der Waals surface area (Å²) in [5.74, 6) is 0.338. The normalized spacial score (nSPS) is 11.9. The predicted octanol–water partition coefficient (Wildman–Crippen LogP) is 1.52. The highest BCUT2D eigenvalue weighted by Gasteiger charge is 2.02. The first-order valence-corrected chi connectivity index (χ1v) is 6.44. The van der Waals surface area contributed by atoms with Crippen LogP contribution in [-0.4, -0.2) is 32.4 Å². The molecule has 0 saturated heterocycles. The molecule has 0 aliphatic rings. The lowest BCUT2D eigenvalue weighted by atomic mass is 10.2. The monoisotopic (exact) mass is 266 g/mol. The number of hydrogen-bond donors (Lipinski definition) is 2. The van der Waals surface area contributed by atoms with Gasteiger partial charge in [0, 0.05) is 6.54 Å². The van der Waals surface area contributed by atoms with Gasteiger partial charge in [0.2, 0.25) is 0 Å². The molecule has 1 rings (SSSR count). The molecule has 1 aromatic rings. The van der Waals surface area contributed by atoms with E-state index in [4.69, 9.17) is 15.2 Å². The van der Waals surface area contributed by atoms with E-state index in [1.165, 1.54) is 0 Å². The minimum Gasteiger partial charge on any atom is -0.445 e. The number of carbonyl (C=O) groups is 1. The summed E-state index contributed by atoms with van der Waals surface area (Å²) in [4.78, 5) is 11.4. The molecule has 1 aromatic carbocycles. The van der Waals surface area contributed by atoms with E-state index in [9.17, 15) is 4.79 Å². The number of ether oxygens (including phenoxy) is 2. The molecular formula is C14H22N2O3. The Hall–Kier alpha value is -1.59. The van der Waals surface area contributed by atoms with Gasteiger partial charge in [-0.2, -0.15) is 0 Å². The maximum Gasteiger partial charge on any atom is 0.407 e. The van der Waals surface area contributed by atoms with E-state index in [-0.39, 0.29) is 6.61 Å². The van der Waals surface area contributed by atoms with Gasteiger partial charge in [0.25, 0.3) is 0 Å². The summed E-state index contributed by atoms with van der Waals surface area (Å²) in [6, 6.07) is 9.55. The van der Waals surface area contributed by atoms with E-state index in [1.54, 1.807) is 0 Å². The van der Waals surface area contributed by atoms with Gasteiger partial charge >= 0.3 is 6.09 Å². The summed E-state index contributed by atoms with van der Waals surface area (Å²) >= 11 is 0. The van der Waals surface area contributed by atoms with Gasteiger partial charge in [-0.25, -0.2) is 4.79 Å². The van der Waals surface area contributed by atoms with Gasteiger partial charge in [-0.15, -0.1) is 0 Å². The van der Waals surface area contributed by atoms with Gasteiger partial charge in [-0.1, -0.05) is 37.3 Å². The van der Waals surface area contributed by atoms with E-state index < -0.39 is 6.09 Å². The fourth-order valence-electron chi connectivity index (χ4n) is 1.35. The van der Waals surface area contributed by atoms with Crippen LogP contribution in [0.4, 0.5) is 4.79 Å². The summed E-state index contributed by atoms with van der Waals surface area (Å²) in [6.45, 7) is 4.40. The number of alkyl carbamates (subject to hydrolysis) is 1. The maximum absolute atomic E-state index is 11.4. The lowest BCUT2D eigenvalue weighted by Gasteiger charge is -2.10. The van der Waals surface area contributed by atoms with Crippen molar-refractivity contribution in [2.75, 3.05) is 26.3 Å². The Morgan fingerprint density at radius 1 is 1.37 bits per heavy atom. The molecule has 5 nitrogen and oxygen atoms in total. The molecule has 0 bridgehead atoms. The first kappa shape index (κ1) is 15.5. The van der Waals surface area contributed by atoms with Gasteiger partial charge in [-0.05, 0) is 18.0 Å².